The summed E-state index contributed by atoms with van der Waals surface area (Å²) < 4.78 is 11.5. The van der Waals surface area contributed by atoms with Crippen LogP contribution < -0.4 is 14.8 Å². The van der Waals surface area contributed by atoms with E-state index in [1.165, 1.54) is 0 Å². The molecule has 1 fully saturated rings. The number of carbonyl (C=O) groups excluding carboxylic acids is 2. The third-order valence-corrected chi connectivity index (χ3v) is 6.02. The molecule has 1 aliphatic rings. The number of hydrogen-bond acceptors (Lipinski definition) is 4. The molecule has 0 spiro atoms. The fourth-order valence-corrected chi connectivity index (χ4v) is 3.84. The molecule has 0 aliphatic carbocycles. The topological polar surface area (TPSA) is 67.9 Å². The van der Waals surface area contributed by atoms with Crippen LogP contribution in [0, 0.1) is 33.1 Å². The van der Waals surface area contributed by atoms with Gasteiger partial charge in [-0.25, -0.2) is 0 Å². The van der Waals surface area contributed by atoms with E-state index in [1.54, 1.807) is 0 Å². The van der Waals surface area contributed by atoms with Gasteiger partial charge >= 0.3 is 0 Å². The molecular formula is C26H34N2O4. The summed E-state index contributed by atoms with van der Waals surface area (Å²) in [6.07, 6.45) is 0.834. The van der Waals surface area contributed by atoms with E-state index in [9.17, 15) is 9.59 Å². The molecule has 0 bridgehead atoms. The highest BCUT2D eigenvalue weighted by Crippen LogP contribution is 2.29. The summed E-state index contributed by atoms with van der Waals surface area (Å²) in [6.45, 7) is 11.8. The molecule has 2 aromatic carbocycles. The minimum atomic E-state index is -0.163. The number of aryl methyl sites for hydroxylation is 4. The van der Waals surface area contributed by atoms with Crippen LogP contribution in [0.15, 0.2) is 36.4 Å². The highest BCUT2D eigenvalue weighted by Gasteiger charge is 2.36. The molecule has 2 amide bonds. The smallest absolute Gasteiger partial charge is 0.260 e. The zero-order chi connectivity index (χ0) is 23.3. The van der Waals surface area contributed by atoms with Gasteiger partial charge in [0.05, 0.1) is 0 Å². The molecule has 32 heavy (non-hydrogen) atoms. The number of benzene rings is 2. The quantitative estimate of drug-likeness (QED) is 0.682. The molecule has 0 aromatic heterocycles. The van der Waals surface area contributed by atoms with E-state index in [0.29, 0.717) is 19.6 Å². The molecule has 3 rings (SSSR count). The maximum absolute atomic E-state index is 12.7. The maximum atomic E-state index is 12.7. The van der Waals surface area contributed by atoms with Gasteiger partial charge in [-0.05, 0) is 68.5 Å². The largest absolute Gasteiger partial charge is 0.483 e. The molecule has 1 saturated heterocycles. The molecule has 0 saturated carbocycles. The van der Waals surface area contributed by atoms with Gasteiger partial charge in [0.1, 0.15) is 11.5 Å². The Morgan fingerprint density at radius 1 is 0.938 bits per heavy atom. The van der Waals surface area contributed by atoms with Crippen molar-refractivity contribution in [1.82, 2.24) is 10.2 Å². The van der Waals surface area contributed by atoms with Crippen molar-refractivity contribution in [2.45, 2.75) is 41.0 Å². The minimum absolute atomic E-state index is 0.0211. The number of nitrogens with one attached hydrogen (secondary N) is 1. The molecule has 172 valence electrons. The Balaban J connectivity index is 1.44. The second kappa shape index (κ2) is 10.1. The number of carbonyl (C=O) groups is 2. The van der Waals surface area contributed by atoms with Crippen molar-refractivity contribution in [3.05, 3.63) is 58.7 Å². The van der Waals surface area contributed by atoms with Crippen LogP contribution in [0.1, 0.15) is 35.6 Å². The summed E-state index contributed by atoms with van der Waals surface area (Å²) in [4.78, 5) is 26.8. The van der Waals surface area contributed by atoms with Crippen molar-refractivity contribution in [1.29, 1.82) is 0 Å². The molecule has 1 atom stereocenters. The Kier molecular flexibility index (Phi) is 7.44. The van der Waals surface area contributed by atoms with Crippen LogP contribution in [-0.2, 0) is 9.59 Å². The number of likely N-dealkylation sites (tertiary alicyclic amines) is 1. The SMILES string of the molecule is Cc1ccc(C)c(OCC(=O)NC[C@@]2(C)CCN(C(=O)COc3cc(C)ccc3C)C2)c1. The van der Waals surface area contributed by atoms with E-state index in [1.807, 2.05) is 69.0 Å². The van der Waals surface area contributed by atoms with E-state index in [4.69, 9.17) is 9.47 Å². The molecule has 0 radical (unpaired) electrons. The third kappa shape index (κ3) is 6.25. The first-order valence-electron chi connectivity index (χ1n) is 11.1. The van der Waals surface area contributed by atoms with Crippen LogP contribution in [0.4, 0.5) is 0 Å². The van der Waals surface area contributed by atoms with Gasteiger partial charge in [0.25, 0.3) is 11.8 Å². The van der Waals surface area contributed by atoms with Gasteiger partial charge in [0.2, 0.25) is 0 Å². The zero-order valence-electron chi connectivity index (χ0n) is 19.8. The van der Waals surface area contributed by atoms with Crippen LogP contribution in [0.25, 0.3) is 0 Å². The average Bonchev–Trinajstić information content (AvgIpc) is 3.16. The lowest BCUT2D eigenvalue weighted by Crippen LogP contribution is -2.41. The summed E-state index contributed by atoms with van der Waals surface area (Å²) >= 11 is 0. The number of amides is 2. The van der Waals surface area contributed by atoms with Crippen LogP contribution in [0.5, 0.6) is 11.5 Å². The van der Waals surface area contributed by atoms with Gasteiger partial charge < -0.3 is 19.7 Å². The van der Waals surface area contributed by atoms with Crippen molar-refractivity contribution in [2.24, 2.45) is 5.41 Å². The van der Waals surface area contributed by atoms with Crippen LogP contribution in [-0.4, -0.2) is 49.6 Å². The number of ether oxygens (including phenoxy) is 2. The van der Waals surface area contributed by atoms with Gasteiger partial charge in [0, 0.05) is 25.0 Å². The Hall–Kier alpha value is -3.02. The van der Waals surface area contributed by atoms with Crippen molar-refractivity contribution in [3.63, 3.8) is 0 Å². The molecular weight excluding hydrogens is 404 g/mol. The number of rotatable bonds is 8. The van der Waals surface area contributed by atoms with E-state index < -0.39 is 0 Å². The van der Waals surface area contributed by atoms with Crippen LogP contribution >= 0.6 is 0 Å². The van der Waals surface area contributed by atoms with E-state index >= 15 is 0 Å². The molecule has 1 heterocycles. The first-order valence-corrected chi connectivity index (χ1v) is 11.1. The molecule has 6 heteroatoms. The predicted octanol–water partition coefficient (Wildman–Crippen LogP) is 3.73. The lowest BCUT2D eigenvalue weighted by atomic mass is 9.90. The summed E-state index contributed by atoms with van der Waals surface area (Å²) in [5, 5.41) is 2.97. The second-order valence-corrected chi connectivity index (χ2v) is 9.27. The lowest BCUT2D eigenvalue weighted by molar-refractivity contribution is -0.132. The summed E-state index contributed by atoms with van der Waals surface area (Å²) in [5.74, 6) is 1.29. The lowest BCUT2D eigenvalue weighted by Gasteiger charge is -2.25. The Labute approximate surface area is 190 Å². The van der Waals surface area contributed by atoms with E-state index in [2.05, 4.69) is 12.2 Å². The Morgan fingerprint density at radius 3 is 2.09 bits per heavy atom. The molecule has 0 unspecified atom stereocenters. The van der Waals surface area contributed by atoms with Crippen molar-refractivity contribution >= 4 is 11.8 Å². The Bertz CT molecular complexity index is 988. The highest BCUT2D eigenvalue weighted by molar-refractivity contribution is 5.79. The monoisotopic (exact) mass is 438 g/mol. The standard InChI is InChI=1S/C26H34N2O4/c1-18-6-8-20(3)22(12-18)31-14-24(29)27-16-26(5)10-11-28(17-26)25(30)15-32-23-13-19(2)7-9-21(23)4/h6-9,12-13H,10-11,14-17H2,1-5H3,(H,27,29)/t26-/m1/s1. The summed E-state index contributed by atoms with van der Waals surface area (Å²) in [7, 11) is 0. The first-order chi connectivity index (χ1) is 15.1. The highest BCUT2D eigenvalue weighted by atomic mass is 16.5. The average molecular weight is 439 g/mol. The normalized spacial score (nSPS) is 17.8. The number of nitrogens with zero attached hydrogens (tertiary/aromatic N) is 1. The molecule has 1 N–H and O–H groups in total. The molecule has 1 aliphatic heterocycles. The summed E-state index contributed by atoms with van der Waals surface area (Å²) in [5.41, 5.74) is 4.05. The molecule has 2 aromatic rings. The fourth-order valence-electron chi connectivity index (χ4n) is 3.84. The third-order valence-electron chi connectivity index (χ3n) is 6.02. The number of hydrogen-bond donors (Lipinski definition) is 1. The second-order valence-electron chi connectivity index (χ2n) is 9.27. The van der Waals surface area contributed by atoms with Gasteiger partial charge in [0.15, 0.2) is 13.2 Å². The van der Waals surface area contributed by atoms with Crippen molar-refractivity contribution in [2.75, 3.05) is 32.8 Å². The van der Waals surface area contributed by atoms with Gasteiger partial charge in [-0.2, -0.15) is 0 Å². The van der Waals surface area contributed by atoms with Crippen molar-refractivity contribution in [3.8, 4) is 11.5 Å². The van der Waals surface area contributed by atoms with Crippen LogP contribution in [0.2, 0.25) is 0 Å². The fraction of sp³-hybridized carbons (Fsp3) is 0.462. The zero-order valence-corrected chi connectivity index (χ0v) is 19.8. The van der Waals surface area contributed by atoms with Crippen LogP contribution in [0.3, 0.4) is 0 Å². The van der Waals surface area contributed by atoms with Gasteiger partial charge in [-0.3, -0.25) is 9.59 Å². The molecule has 6 nitrogen and oxygen atoms in total. The van der Waals surface area contributed by atoms with E-state index in [0.717, 1.165) is 40.2 Å². The predicted molar refractivity (Wildman–Crippen MR) is 125 cm³/mol. The van der Waals surface area contributed by atoms with E-state index in [-0.39, 0.29) is 30.4 Å². The maximum Gasteiger partial charge on any atom is 0.260 e. The van der Waals surface area contributed by atoms with Gasteiger partial charge in [-0.15, -0.1) is 0 Å². The van der Waals surface area contributed by atoms with Crippen molar-refractivity contribution < 1.29 is 19.1 Å². The summed E-state index contributed by atoms with van der Waals surface area (Å²) in [6, 6.07) is 11.9. The minimum Gasteiger partial charge on any atom is -0.483 e. The Morgan fingerprint density at radius 2 is 1.50 bits per heavy atom. The first kappa shape index (κ1) is 23.6. The van der Waals surface area contributed by atoms with Gasteiger partial charge in [-0.1, -0.05) is 31.2 Å².